The number of aromatic amines is 1. The van der Waals surface area contributed by atoms with E-state index in [0.29, 0.717) is 11.1 Å². The second kappa shape index (κ2) is 6.79. The minimum Gasteiger partial charge on any atom is -0.345 e. The molecule has 0 bridgehead atoms. The van der Waals surface area contributed by atoms with E-state index < -0.39 is 11.9 Å². The van der Waals surface area contributed by atoms with Gasteiger partial charge in [-0.15, -0.1) is 0 Å². The van der Waals surface area contributed by atoms with E-state index in [-0.39, 0.29) is 0 Å². The van der Waals surface area contributed by atoms with Crippen molar-refractivity contribution < 1.29 is 13.2 Å². The number of aromatic nitrogens is 3. The van der Waals surface area contributed by atoms with Crippen LogP contribution in [0.2, 0.25) is 0 Å². The zero-order valence-corrected chi connectivity index (χ0v) is 16.1. The summed E-state index contributed by atoms with van der Waals surface area (Å²) in [4.78, 5) is 14.6. The molecule has 2 saturated heterocycles. The van der Waals surface area contributed by atoms with E-state index in [1.165, 1.54) is 18.0 Å². The number of halogens is 3. The SMILES string of the molecule is CCc1cnc(CN2CC3(C2)CN(Sc2ccc(C(F)(F)F)nc2C)C3)[nH]1. The molecule has 4 heterocycles. The molecule has 0 radical (unpaired) electrons. The van der Waals surface area contributed by atoms with Crippen LogP contribution in [0.4, 0.5) is 13.2 Å². The van der Waals surface area contributed by atoms with Crippen LogP contribution in [-0.4, -0.2) is 50.3 Å². The topological polar surface area (TPSA) is 48.1 Å². The standard InChI is InChI=1S/C18H22F3N5S/c1-3-13-6-22-16(24-13)7-25-8-17(9-25)10-26(11-17)27-14-4-5-15(18(19,20)21)23-12(14)2/h4-6H,3,7-11H2,1-2H3,(H,22,24). The van der Waals surface area contributed by atoms with Crippen LogP contribution in [-0.2, 0) is 19.1 Å². The minimum atomic E-state index is -4.39. The van der Waals surface area contributed by atoms with Crippen LogP contribution in [0.15, 0.2) is 23.2 Å². The fraction of sp³-hybridized carbons (Fsp3) is 0.556. The van der Waals surface area contributed by atoms with Gasteiger partial charge < -0.3 is 4.98 Å². The van der Waals surface area contributed by atoms with Gasteiger partial charge in [-0.25, -0.2) is 14.3 Å². The molecule has 2 fully saturated rings. The fourth-order valence-electron chi connectivity index (χ4n) is 3.80. The van der Waals surface area contributed by atoms with Gasteiger partial charge in [-0.1, -0.05) is 6.92 Å². The largest absolute Gasteiger partial charge is 0.433 e. The van der Waals surface area contributed by atoms with Crippen molar-refractivity contribution in [1.29, 1.82) is 0 Å². The number of nitrogens with zero attached hydrogens (tertiary/aromatic N) is 4. The first-order valence-corrected chi connectivity index (χ1v) is 9.76. The lowest BCUT2D eigenvalue weighted by molar-refractivity contribution is -0.141. The van der Waals surface area contributed by atoms with Crippen molar-refractivity contribution in [2.24, 2.45) is 5.41 Å². The number of rotatable bonds is 5. The van der Waals surface area contributed by atoms with E-state index in [9.17, 15) is 13.2 Å². The Morgan fingerprint density at radius 2 is 1.96 bits per heavy atom. The lowest BCUT2D eigenvalue weighted by atomic mass is 9.74. The fourth-order valence-corrected chi connectivity index (χ4v) is 5.06. The molecule has 1 N–H and O–H groups in total. The highest BCUT2D eigenvalue weighted by Crippen LogP contribution is 2.45. The molecule has 9 heteroatoms. The molecule has 1 spiro atoms. The molecule has 0 amide bonds. The normalized spacial score (nSPS) is 19.9. The molecule has 2 aliphatic rings. The Balaban J connectivity index is 1.26. The molecule has 27 heavy (non-hydrogen) atoms. The Morgan fingerprint density at radius 3 is 2.56 bits per heavy atom. The molecule has 2 aromatic heterocycles. The number of imidazole rings is 1. The summed E-state index contributed by atoms with van der Waals surface area (Å²) >= 11 is 1.51. The number of nitrogens with one attached hydrogen (secondary N) is 1. The van der Waals surface area contributed by atoms with Gasteiger partial charge in [0.15, 0.2) is 0 Å². The maximum atomic E-state index is 12.7. The maximum absolute atomic E-state index is 12.7. The number of pyridine rings is 1. The van der Waals surface area contributed by atoms with Crippen molar-refractivity contribution >= 4 is 11.9 Å². The van der Waals surface area contributed by atoms with Crippen LogP contribution < -0.4 is 0 Å². The van der Waals surface area contributed by atoms with Gasteiger partial charge in [0, 0.05) is 48.4 Å². The van der Waals surface area contributed by atoms with Crippen molar-refractivity contribution in [3.63, 3.8) is 0 Å². The summed E-state index contributed by atoms with van der Waals surface area (Å²) in [5.41, 5.74) is 1.08. The van der Waals surface area contributed by atoms with Gasteiger partial charge in [0.25, 0.3) is 0 Å². The van der Waals surface area contributed by atoms with Crippen LogP contribution in [0.5, 0.6) is 0 Å². The zero-order chi connectivity index (χ0) is 19.2. The molecule has 5 nitrogen and oxygen atoms in total. The summed E-state index contributed by atoms with van der Waals surface area (Å²) in [6, 6.07) is 2.58. The smallest absolute Gasteiger partial charge is 0.345 e. The van der Waals surface area contributed by atoms with Crippen LogP contribution in [0.1, 0.15) is 29.8 Å². The predicted molar refractivity (Wildman–Crippen MR) is 97.1 cm³/mol. The van der Waals surface area contributed by atoms with Gasteiger partial charge in [-0.05, 0) is 37.4 Å². The number of aryl methyl sites for hydroxylation is 2. The average Bonchev–Trinajstić information content (AvgIpc) is 2.99. The van der Waals surface area contributed by atoms with E-state index in [1.807, 2.05) is 6.20 Å². The van der Waals surface area contributed by atoms with E-state index in [4.69, 9.17) is 0 Å². The average molecular weight is 397 g/mol. The van der Waals surface area contributed by atoms with E-state index in [1.54, 1.807) is 6.92 Å². The van der Waals surface area contributed by atoms with Gasteiger partial charge in [0.2, 0.25) is 0 Å². The van der Waals surface area contributed by atoms with Gasteiger partial charge in [-0.3, -0.25) is 4.90 Å². The van der Waals surface area contributed by atoms with Gasteiger partial charge in [0.05, 0.1) is 12.2 Å². The Kier molecular flexibility index (Phi) is 4.72. The highest BCUT2D eigenvalue weighted by molar-refractivity contribution is 7.97. The molecule has 2 aliphatic heterocycles. The summed E-state index contributed by atoms with van der Waals surface area (Å²) in [6.07, 6.45) is -1.54. The van der Waals surface area contributed by atoms with Crippen molar-refractivity contribution in [1.82, 2.24) is 24.2 Å². The molecule has 0 atom stereocenters. The molecule has 0 saturated carbocycles. The summed E-state index contributed by atoms with van der Waals surface area (Å²) in [5.74, 6) is 1.01. The lowest BCUT2D eigenvalue weighted by Gasteiger charge is -2.59. The first-order chi connectivity index (χ1) is 12.8. The number of likely N-dealkylation sites (tertiary alicyclic amines) is 1. The third-order valence-corrected chi connectivity index (χ3v) is 6.28. The first kappa shape index (κ1) is 18.8. The molecule has 0 aliphatic carbocycles. The highest BCUT2D eigenvalue weighted by Gasteiger charge is 2.52. The highest BCUT2D eigenvalue weighted by atomic mass is 32.2. The molecule has 0 unspecified atom stereocenters. The summed E-state index contributed by atoms with van der Waals surface area (Å²) < 4.78 is 40.4. The molecule has 146 valence electrons. The van der Waals surface area contributed by atoms with Crippen molar-refractivity contribution in [3.05, 3.63) is 41.2 Å². The second-order valence-electron chi connectivity index (χ2n) is 7.52. The number of hydrogen-bond acceptors (Lipinski definition) is 5. The van der Waals surface area contributed by atoms with E-state index in [0.717, 1.165) is 61.6 Å². The molecule has 2 aromatic rings. The minimum absolute atomic E-state index is 0.320. The Morgan fingerprint density at radius 1 is 1.22 bits per heavy atom. The zero-order valence-electron chi connectivity index (χ0n) is 15.3. The maximum Gasteiger partial charge on any atom is 0.433 e. The van der Waals surface area contributed by atoms with Crippen LogP contribution >= 0.6 is 11.9 Å². The monoisotopic (exact) mass is 397 g/mol. The molecular formula is C18H22F3N5S. The quantitative estimate of drug-likeness (QED) is 0.783. The van der Waals surface area contributed by atoms with Gasteiger partial charge >= 0.3 is 6.18 Å². The van der Waals surface area contributed by atoms with E-state index >= 15 is 0 Å². The third kappa shape index (κ3) is 3.86. The van der Waals surface area contributed by atoms with Crippen LogP contribution in [0.25, 0.3) is 0 Å². The van der Waals surface area contributed by atoms with E-state index in [2.05, 4.69) is 31.1 Å². The van der Waals surface area contributed by atoms with Gasteiger partial charge in [0.1, 0.15) is 11.5 Å². The van der Waals surface area contributed by atoms with Gasteiger partial charge in [-0.2, -0.15) is 13.2 Å². The number of hydrogen-bond donors (Lipinski definition) is 1. The summed E-state index contributed by atoms with van der Waals surface area (Å²) in [7, 11) is 0. The first-order valence-electron chi connectivity index (χ1n) is 8.99. The Hall–Kier alpha value is -1.58. The van der Waals surface area contributed by atoms with Crippen molar-refractivity contribution in [2.75, 3.05) is 26.2 Å². The summed E-state index contributed by atoms with van der Waals surface area (Å²) in [5, 5.41) is 0. The van der Waals surface area contributed by atoms with Crippen LogP contribution in [0, 0.1) is 12.3 Å². The lowest BCUT2D eigenvalue weighted by Crippen LogP contribution is -2.70. The van der Waals surface area contributed by atoms with Crippen LogP contribution in [0.3, 0.4) is 0 Å². The predicted octanol–water partition coefficient (Wildman–Crippen LogP) is 3.52. The van der Waals surface area contributed by atoms with Crippen molar-refractivity contribution in [3.8, 4) is 0 Å². The number of alkyl halides is 3. The number of H-pyrrole nitrogens is 1. The Labute approximate surface area is 160 Å². The Bertz CT molecular complexity index is 821. The summed E-state index contributed by atoms with van der Waals surface area (Å²) in [6.45, 7) is 8.56. The second-order valence-corrected chi connectivity index (χ2v) is 8.66. The molecule has 0 aromatic carbocycles. The molecular weight excluding hydrogens is 375 g/mol. The third-order valence-electron chi connectivity index (χ3n) is 5.13. The van der Waals surface area contributed by atoms with Crippen molar-refractivity contribution in [2.45, 2.75) is 37.9 Å². The molecule has 4 rings (SSSR count).